The van der Waals surface area contributed by atoms with Gasteiger partial charge in [0.15, 0.2) is 10.3 Å². The van der Waals surface area contributed by atoms with Crippen LogP contribution in [-0.2, 0) is 15.2 Å². The van der Waals surface area contributed by atoms with Crippen molar-refractivity contribution in [1.82, 2.24) is 15.1 Å². The number of hydrogen-bond donors (Lipinski definition) is 2. The van der Waals surface area contributed by atoms with Gasteiger partial charge in [0.05, 0.1) is 0 Å². The summed E-state index contributed by atoms with van der Waals surface area (Å²) in [6, 6.07) is 29.7. The highest BCUT2D eigenvalue weighted by atomic mass is 79.9. The zero-order valence-electron chi connectivity index (χ0n) is 17.6. The van der Waals surface area contributed by atoms with Crippen molar-refractivity contribution in [3.05, 3.63) is 118 Å². The summed E-state index contributed by atoms with van der Waals surface area (Å²) in [7, 11) is 1.27. The minimum absolute atomic E-state index is 0.0277. The fraction of sp³-hybridized carbons (Fsp3) is 0.0833. The fourth-order valence-electron chi connectivity index (χ4n) is 3.67. The Morgan fingerprint density at radius 3 is 1.76 bits per heavy atom. The van der Waals surface area contributed by atoms with Crippen LogP contribution in [0.25, 0.3) is 0 Å². The fourth-order valence-corrected chi connectivity index (χ4v) is 4.08. The normalized spacial score (nSPS) is 11.8. The van der Waals surface area contributed by atoms with Crippen molar-refractivity contribution in [2.75, 3.05) is 12.5 Å². The summed E-state index contributed by atoms with van der Waals surface area (Å²) in [5.41, 5.74) is 5.02. The lowest BCUT2D eigenvalue weighted by Crippen LogP contribution is -2.44. The van der Waals surface area contributed by atoms with Crippen molar-refractivity contribution in [2.45, 2.75) is 5.54 Å². The van der Waals surface area contributed by atoms with Crippen LogP contribution in [0, 0.1) is 0 Å². The molecule has 0 spiro atoms. The van der Waals surface area contributed by atoms with Crippen LogP contribution in [0.1, 0.15) is 22.4 Å². The summed E-state index contributed by atoms with van der Waals surface area (Å²) in [4.78, 5) is 17.6. The number of nitrogens with one attached hydrogen (secondary N) is 1. The topological polar surface area (TPSA) is 102 Å². The minimum atomic E-state index is -1.29. The van der Waals surface area contributed by atoms with Gasteiger partial charge in [0.25, 0.3) is 0 Å². The molecule has 0 aliphatic carbocycles. The first-order valence-electron chi connectivity index (χ1n) is 9.98. The number of oxime groups is 1. The minimum Gasteiger partial charge on any atom is -0.476 e. The number of nitrogens with zero attached hydrogens (tertiary/aromatic N) is 4. The highest BCUT2D eigenvalue weighted by molar-refractivity contribution is 9.10. The van der Waals surface area contributed by atoms with Gasteiger partial charge >= 0.3 is 5.97 Å². The smallest absolute Gasteiger partial charge is 0.360 e. The Balaban J connectivity index is 1.93. The van der Waals surface area contributed by atoms with Gasteiger partial charge in [0, 0.05) is 0 Å². The molecule has 1 aromatic heterocycles. The van der Waals surface area contributed by atoms with E-state index in [-0.39, 0.29) is 16.0 Å². The number of benzene rings is 3. The van der Waals surface area contributed by atoms with E-state index in [9.17, 15) is 9.90 Å². The van der Waals surface area contributed by atoms with Gasteiger partial charge in [0.1, 0.15) is 12.6 Å². The molecule has 0 saturated heterocycles. The Kier molecular flexibility index (Phi) is 6.50. The van der Waals surface area contributed by atoms with Crippen molar-refractivity contribution in [2.24, 2.45) is 5.16 Å². The van der Waals surface area contributed by atoms with Gasteiger partial charge < -0.3 is 9.94 Å². The Morgan fingerprint density at radius 2 is 1.36 bits per heavy atom. The maximum absolute atomic E-state index is 11.7. The van der Waals surface area contributed by atoms with E-state index in [1.807, 2.05) is 91.0 Å². The highest BCUT2D eigenvalue weighted by Crippen LogP contribution is 2.37. The molecule has 1 heterocycles. The van der Waals surface area contributed by atoms with Crippen LogP contribution in [-0.4, -0.2) is 39.0 Å². The average molecular weight is 506 g/mol. The van der Waals surface area contributed by atoms with Crippen LogP contribution < -0.4 is 5.43 Å². The van der Waals surface area contributed by atoms with Crippen LogP contribution in [0.2, 0.25) is 0 Å². The van der Waals surface area contributed by atoms with Crippen molar-refractivity contribution < 1.29 is 14.7 Å². The first kappa shape index (κ1) is 22.2. The van der Waals surface area contributed by atoms with Crippen molar-refractivity contribution in [3.8, 4) is 0 Å². The molecule has 0 aliphatic heterocycles. The number of carboxylic acids is 1. The number of carbonyl (C=O) groups is 1. The van der Waals surface area contributed by atoms with Crippen LogP contribution in [0.15, 0.2) is 101 Å². The summed E-state index contributed by atoms with van der Waals surface area (Å²) in [5.74, 6) is -1.29. The second-order valence-corrected chi connectivity index (χ2v) is 7.77. The Bertz CT molecular complexity index is 1160. The molecule has 0 unspecified atom stereocenters. The van der Waals surface area contributed by atoms with Gasteiger partial charge in [-0.3, -0.25) is 5.43 Å². The van der Waals surface area contributed by atoms with Crippen LogP contribution in [0.3, 0.4) is 0 Å². The molecule has 8 nitrogen and oxygen atoms in total. The number of carboxylic acid groups (broad SMARTS) is 1. The summed E-state index contributed by atoms with van der Waals surface area (Å²) in [5, 5.41) is 21.8. The van der Waals surface area contributed by atoms with Crippen LogP contribution in [0.4, 0.5) is 0 Å². The van der Waals surface area contributed by atoms with E-state index in [2.05, 4.69) is 41.5 Å². The predicted octanol–water partition coefficient (Wildman–Crippen LogP) is 4.01. The number of aliphatic carboxylic acids is 1. The van der Waals surface area contributed by atoms with Gasteiger partial charge in [0.2, 0.25) is 5.71 Å². The molecule has 0 amide bonds. The van der Waals surface area contributed by atoms with E-state index in [0.29, 0.717) is 0 Å². The third kappa shape index (κ3) is 4.35. The molecule has 2 N–H and O–H groups in total. The highest BCUT2D eigenvalue weighted by Gasteiger charge is 2.38. The molecule has 4 aromatic rings. The van der Waals surface area contributed by atoms with Crippen LogP contribution >= 0.6 is 15.9 Å². The molecule has 0 bridgehead atoms. The lowest BCUT2D eigenvalue weighted by atomic mass is 9.77. The molecule has 3 aromatic carbocycles. The average Bonchev–Trinajstić information content (AvgIpc) is 3.21. The zero-order chi connectivity index (χ0) is 23.3. The molecule has 4 rings (SSSR count). The SMILES string of the molecule is CO/N=C(\C(=O)O)c1nn(NC(c2ccccc2)(c2ccccc2)c2ccccc2)nc1Br. The van der Waals surface area contributed by atoms with E-state index >= 15 is 0 Å². The second-order valence-electron chi connectivity index (χ2n) is 7.02. The maximum atomic E-state index is 11.7. The number of halogens is 1. The van der Waals surface area contributed by atoms with E-state index in [1.165, 1.54) is 12.0 Å². The zero-order valence-corrected chi connectivity index (χ0v) is 19.2. The van der Waals surface area contributed by atoms with Gasteiger partial charge in [-0.2, -0.15) is 0 Å². The molecular weight excluding hydrogens is 486 g/mol. The third-order valence-corrected chi connectivity index (χ3v) is 5.60. The molecule has 0 aliphatic rings. The third-order valence-electron chi connectivity index (χ3n) is 5.07. The largest absolute Gasteiger partial charge is 0.476 e. The van der Waals surface area contributed by atoms with Crippen molar-refractivity contribution >= 4 is 27.6 Å². The van der Waals surface area contributed by atoms with Gasteiger partial charge in [-0.25, -0.2) is 4.79 Å². The van der Waals surface area contributed by atoms with E-state index in [4.69, 9.17) is 0 Å². The number of hydrogen-bond acceptors (Lipinski definition) is 6. The maximum Gasteiger partial charge on any atom is 0.360 e. The van der Waals surface area contributed by atoms with Gasteiger partial charge in [-0.15, -0.1) is 10.2 Å². The second kappa shape index (κ2) is 9.66. The molecule has 0 fully saturated rings. The Hall–Kier alpha value is -3.98. The molecule has 0 atom stereocenters. The lowest BCUT2D eigenvalue weighted by molar-refractivity contribution is -0.129. The van der Waals surface area contributed by atoms with E-state index < -0.39 is 11.5 Å². The Labute approximate surface area is 198 Å². The molecule has 33 heavy (non-hydrogen) atoms. The van der Waals surface area contributed by atoms with E-state index in [0.717, 1.165) is 16.7 Å². The number of rotatable bonds is 8. The van der Waals surface area contributed by atoms with Crippen LogP contribution in [0.5, 0.6) is 0 Å². The summed E-state index contributed by atoms with van der Waals surface area (Å²) < 4.78 is 0.205. The predicted molar refractivity (Wildman–Crippen MR) is 127 cm³/mol. The Morgan fingerprint density at radius 1 is 0.909 bits per heavy atom. The van der Waals surface area contributed by atoms with Crippen molar-refractivity contribution in [1.29, 1.82) is 0 Å². The molecule has 0 radical (unpaired) electrons. The van der Waals surface area contributed by atoms with Crippen molar-refractivity contribution in [3.63, 3.8) is 0 Å². The quantitative estimate of drug-likeness (QED) is 0.213. The lowest BCUT2D eigenvalue weighted by Gasteiger charge is -2.36. The van der Waals surface area contributed by atoms with Gasteiger partial charge in [-0.05, 0) is 32.6 Å². The summed E-state index contributed by atoms with van der Waals surface area (Å²) >= 11 is 3.30. The van der Waals surface area contributed by atoms with Gasteiger partial charge in [-0.1, -0.05) is 101 Å². The molecule has 0 saturated carbocycles. The summed E-state index contributed by atoms with van der Waals surface area (Å²) in [6.07, 6.45) is 0. The van der Waals surface area contributed by atoms with E-state index in [1.54, 1.807) is 0 Å². The first-order valence-corrected chi connectivity index (χ1v) is 10.8. The molecular formula is C24H20BrN5O3. The summed E-state index contributed by atoms with van der Waals surface area (Å²) in [6.45, 7) is 0. The number of aromatic nitrogens is 3. The standard InChI is InChI=1S/C24H20BrN5O3/c1-33-28-21(23(31)32)20-22(25)27-30(26-20)29-24(17-11-5-2-6-12-17,18-13-7-3-8-14-18)19-15-9-4-10-16-19/h2-16,29H,1H3,(H,31,32)/b28-21-. The first-order chi connectivity index (χ1) is 16.1. The monoisotopic (exact) mass is 505 g/mol. The molecule has 166 valence electrons. The molecule has 9 heteroatoms.